The molecule has 0 spiro atoms. The van der Waals surface area contributed by atoms with Gasteiger partial charge in [0, 0.05) is 6.42 Å². The van der Waals surface area contributed by atoms with Crippen molar-refractivity contribution in [2.24, 2.45) is 5.73 Å². The molecule has 0 aromatic heterocycles. The van der Waals surface area contributed by atoms with E-state index in [1.165, 1.54) is 12.1 Å². The molecule has 4 nitrogen and oxygen atoms in total. The number of hydrogen-bond acceptors (Lipinski definition) is 4. The van der Waals surface area contributed by atoms with Crippen LogP contribution in [-0.2, 0) is 15.7 Å². The van der Waals surface area contributed by atoms with Gasteiger partial charge < -0.3 is 15.2 Å². The third-order valence-corrected chi connectivity index (χ3v) is 2.47. The van der Waals surface area contributed by atoms with E-state index in [1.807, 2.05) is 0 Å². The maximum atomic E-state index is 12.3. The molecule has 0 bridgehead atoms. The molecule has 7 heteroatoms. The molecule has 0 radical (unpaired) electrons. The first-order valence-corrected chi connectivity index (χ1v) is 6.07. The number of nitrogens with two attached hydrogens (primary N) is 1. The maximum absolute atomic E-state index is 12.3. The standard InChI is InChI=1S/C13H16F3NO3/c1-2-19-12(18)11(17)7-8-20-10-5-3-9(4-6-10)13(14,15)16/h3-6,11H,2,7-8,17H2,1H3. The van der Waals surface area contributed by atoms with Crippen molar-refractivity contribution in [1.82, 2.24) is 0 Å². The third kappa shape index (κ3) is 5.08. The summed E-state index contributed by atoms with van der Waals surface area (Å²) < 4.78 is 46.9. The Labute approximate surface area is 114 Å². The van der Waals surface area contributed by atoms with Crippen LogP contribution in [0.15, 0.2) is 24.3 Å². The minimum Gasteiger partial charge on any atom is -0.494 e. The van der Waals surface area contributed by atoms with Crippen LogP contribution in [-0.4, -0.2) is 25.2 Å². The number of rotatable bonds is 6. The summed E-state index contributed by atoms with van der Waals surface area (Å²) in [5.41, 5.74) is 4.80. The Morgan fingerprint density at radius 2 is 1.90 bits per heavy atom. The summed E-state index contributed by atoms with van der Waals surface area (Å²) in [4.78, 5) is 11.2. The van der Waals surface area contributed by atoms with Crippen molar-refractivity contribution < 1.29 is 27.4 Å². The van der Waals surface area contributed by atoms with Gasteiger partial charge in [-0.2, -0.15) is 13.2 Å². The van der Waals surface area contributed by atoms with E-state index in [4.69, 9.17) is 15.2 Å². The largest absolute Gasteiger partial charge is 0.494 e. The average Bonchev–Trinajstić information content (AvgIpc) is 2.38. The van der Waals surface area contributed by atoms with Gasteiger partial charge in [-0.1, -0.05) is 0 Å². The second kappa shape index (κ2) is 7.14. The first-order chi connectivity index (χ1) is 9.34. The molecule has 0 saturated heterocycles. The molecule has 112 valence electrons. The van der Waals surface area contributed by atoms with Crippen LogP contribution in [0.4, 0.5) is 13.2 Å². The summed E-state index contributed by atoms with van der Waals surface area (Å²) in [6.45, 7) is 2.03. The van der Waals surface area contributed by atoms with E-state index < -0.39 is 23.8 Å². The molecule has 0 heterocycles. The van der Waals surface area contributed by atoms with Crippen LogP contribution in [0.3, 0.4) is 0 Å². The smallest absolute Gasteiger partial charge is 0.416 e. The molecule has 1 unspecified atom stereocenters. The summed E-state index contributed by atoms with van der Waals surface area (Å²) in [6, 6.07) is 3.50. The zero-order valence-electron chi connectivity index (χ0n) is 10.9. The van der Waals surface area contributed by atoms with Crippen LogP contribution < -0.4 is 10.5 Å². The van der Waals surface area contributed by atoms with Gasteiger partial charge in [0.05, 0.1) is 18.8 Å². The van der Waals surface area contributed by atoms with Crippen molar-refractivity contribution in [3.05, 3.63) is 29.8 Å². The van der Waals surface area contributed by atoms with Crippen LogP contribution in [0.5, 0.6) is 5.75 Å². The van der Waals surface area contributed by atoms with E-state index in [0.717, 1.165) is 12.1 Å². The Morgan fingerprint density at radius 1 is 1.30 bits per heavy atom. The lowest BCUT2D eigenvalue weighted by molar-refractivity contribution is -0.145. The van der Waals surface area contributed by atoms with Gasteiger partial charge in [0.1, 0.15) is 11.8 Å². The summed E-state index contributed by atoms with van der Waals surface area (Å²) in [5.74, 6) is -0.238. The van der Waals surface area contributed by atoms with Crippen molar-refractivity contribution >= 4 is 5.97 Å². The van der Waals surface area contributed by atoms with Gasteiger partial charge in [-0.25, -0.2) is 0 Å². The van der Waals surface area contributed by atoms with Crippen molar-refractivity contribution in [3.63, 3.8) is 0 Å². The Kier molecular flexibility index (Phi) is 5.82. The van der Waals surface area contributed by atoms with E-state index in [1.54, 1.807) is 6.92 Å². The third-order valence-electron chi connectivity index (χ3n) is 2.47. The van der Waals surface area contributed by atoms with Gasteiger partial charge in [0.2, 0.25) is 0 Å². The molecule has 1 aromatic rings. The molecule has 1 atom stereocenters. The molecule has 0 aliphatic carbocycles. The van der Waals surface area contributed by atoms with E-state index in [-0.39, 0.29) is 25.4 Å². The zero-order chi connectivity index (χ0) is 15.2. The fourth-order valence-corrected chi connectivity index (χ4v) is 1.41. The highest BCUT2D eigenvalue weighted by Gasteiger charge is 2.30. The molecular weight excluding hydrogens is 275 g/mol. The van der Waals surface area contributed by atoms with Crippen LogP contribution in [0.1, 0.15) is 18.9 Å². The second-order valence-corrected chi connectivity index (χ2v) is 4.02. The maximum Gasteiger partial charge on any atom is 0.416 e. The number of esters is 1. The monoisotopic (exact) mass is 291 g/mol. The quantitative estimate of drug-likeness (QED) is 0.817. The molecule has 20 heavy (non-hydrogen) atoms. The highest BCUT2D eigenvalue weighted by molar-refractivity contribution is 5.75. The lowest BCUT2D eigenvalue weighted by atomic mass is 10.2. The molecule has 0 fully saturated rings. The minimum atomic E-state index is -4.37. The lowest BCUT2D eigenvalue weighted by Crippen LogP contribution is -2.33. The summed E-state index contributed by atoms with van der Waals surface area (Å²) in [5, 5.41) is 0. The Balaban J connectivity index is 2.41. The number of halogens is 3. The van der Waals surface area contributed by atoms with Crippen LogP contribution >= 0.6 is 0 Å². The van der Waals surface area contributed by atoms with Crippen molar-refractivity contribution in [2.75, 3.05) is 13.2 Å². The van der Waals surface area contributed by atoms with Gasteiger partial charge in [-0.05, 0) is 31.2 Å². The lowest BCUT2D eigenvalue weighted by Gasteiger charge is -2.12. The highest BCUT2D eigenvalue weighted by atomic mass is 19.4. The first-order valence-electron chi connectivity index (χ1n) is 6.07. The highest BCUT2D eigenvalue weighted by Crippen LogP contribution is 2.30. The zero-order valence-corrected chi connectivity index (χ0v) is 10.9. The normalized spacial score (nSPS) is 12.8. The van der Waals surface area contributed by atoms with E-state index in [2.05, 4.69) is 0 Å². The number of ether oxygens (including phenoxy) is 2. The number of carbonyl (C=O) groups is 1. The van der Waals surface area contributed by atoms with Gasteiger partial charge in [-0.15, -0.1) is 0 Å². The summed E-state index contributed by atoms with van der Waals surface area (Å²) >= 11 is 0. The van der Waals surface area contributed by atoms with Gasteiger partial charge in [0.15, 0.2) is 0 Å². The van der Waals surface area contributed by atoms with E-state index in [9.17, 15) is 18.0 Å². The van der Waals surface area contributed by atoms with Crippen LogP contribution in [0.2, 0.25) is 0 Å². The molecule has 1 aromatic carbocycles. The molecular formula is C13H16F3NO3. The fourth-order valence-electron chi connectivity index (χ4n) is 1.41. The Hall–Kier alpha value is -1.76. The summed E-state index contributed by atoms with van der Waals surface area (Å²) in [7, 11) is 0. The van der Waals surface area contributed by atoms with Gasteiger partial charge in [-0.3, -0.25) is 4.79 Å². The minimum absolute atomic E-state index is 0.116. The SMILES string of the molecule is CCOC(=O)C(N)CCOc1ccc(C(F)(F)F)cc1. The van der Waals surface area contributed by atoms with E-state index >= 15 is 0 Å². The molecule has 0 aliphatic rings. The second-order valence-electron chi connectivity index (χ2n) is 4.02. The molecule has 0 amide bonds. The van der Waals surface area contributed by atoms with Gasteiger partial charge >= 0.3 is 12.1 Å². The predicted molar refractivity (Wildman–Crippen MR) is 66.2 cm³/mol. The molecule has 0 aliphatic heterocycles. The van der Waals surface area contributed by atoms with Crippen molar-refractivity contribution in [3.8, 4) is 5.75 Å². The van der Waals surface area contributed by atoms with Crippen molar-refractivity contribution in [2.45, 2.75) is 25.6 Å². The fraction of sp³-hybridized carbons (Fsp3) is 0.462. The predicted octanol–water partition coefficient (Wildman–Crippen LogP) is 2.36. The molecule has 1 rings (SSSR count). The number of hydrogen-bond donors (Lipinski definition) is 1. The first kappa shape index (κ1) is 16.3. The number of benzene rings is 1. The van der Waals surface area contributed by atoms with Crippen LogP contribution in [0, 0.1) is 0 Å². The topological polar surface area (TPSA) is 61.5 Å². The van der Waals surface area contributed by atoms with Crippen LogP contribution in [0.25, 0.3) is 0 Å². The molecule has 0 saturated carbocycles. The Bertz CT molecular complexity index is 431. The van der Waals surface area contributed by atoms with Gasteiger partial charge in [0.25, 0.3) is 0 Å². The number of alkyl halides is 3. The van der Waals surface area contributed by atoms with E-state index in [0.29, 0.717) is 0 Å². The Morgan fingerprint density at radius 3 is 2.40 bits per heavy atom. The average molecular weight is 291 g/mol. The summed E-state index contributed by atoms with van der Waals surface area (Å²) in [6.07, 6.45) is -4.15. The number of carbonyl (C=O) groups excluding carboxylic acids is 1. The van der Waals surface area contributed by atoms with Crippen molar-refractivity contribution in [1.29, 1.82) is 0 Å². The molecule has 2 N–H and O–H groups in total.